The van der Waals surface area contributed by atoms with E-state index in [0.717, 1.165) is 35.7 Å². The molecule has 1 saturated heterocycles. The second-order valence-corrected chi connectivity index (χ2v) is 11.6. The maximum absolute atomic E-state index is 13.1. The fraction of sp³-hybridized carbons (Fsp3) is 0.500. The molecule has 8 nitrogen and oxygen atoms in total. The number of sulfonamides is 1. The smallest absolute Gasteiger partial charge is 0.244 e. The van der Waals surface area contributed by atoms with Crippen molar-refractivity contribution in [2.45, 2.75) is 63.4 Å². The molecule has 1 unspecified atom stereocenters. The summed E-state index contributed by atoms with van der Waals surface area (Å²) in [4.78, 5) is 8.75. The van der Waals surface area contributed by atoms with Crippen molar-refractivity contribution in [3.8, 4) is 0 Å². The number of unbranched alkanes of at least 4 members (excludes halogenated alkanes) is 2. The highest BCUT2D eigenvalue weighted by Gasteiger charge is 2.34. The monoisotopic (exact) mass is 508 g/mol. The Kier molecular flexibility index (Phi) is 7.68. The van der Waals surface area contributed by atoms with Gasteiger partial charge in [-0.2, -0.15) is 9.40 Å². The fourth-order valence-corrected chi connectivity index (χ4v) is 6.51. The predicted octanol–water partition coefficient (Wildman–Crippen LogP) is 4.68. The van der Waals surface area contributed by atoms with Crippen molar-refractivity contribution in [3.05, 3.63) is 51.3 Å². The molecule has 1 N–H and O–H groups in total. The zero-order valence-electron chi connectivity index (χ0n) is 18.9. The van der Waals surface area contributed by atoms with Gasteiger partial charge in [0.15, 0.2) is 0 Å². The van der Waals surface area contributed by atoms with Crippen molar-refractivity contribution in [3.63, 3.8) is 0 Å². The highest BCUT2D eigenvalue weighted by Crippen LogP contribution is 2.33. The molecule has 0 aromatic carbocycles. The Balaban J connectivity index is 1.40. The van der Waals surface area contributed by atoms with Gasteiger partial charge in [-0.1, -0.05) is 31.4 Å². The lowest BCUT2D eigenvalue weighted by Gasteiger charge is -2.17. The highest BCUT2D eigenvalue weighted by molar-refractivity contribution is 7.89. The molecule has 3 aromatic heterocycles. The Morgan fingerprint density at radius 3 is 2.88 bits per heavy atom. The Morgan fingerprint density at radius 1 is 1.30 bits per heavy atom. The average Bonchev–Trinajstić information content (AvgIpc) is 3.54. The molecule has 33 heavy (non-hydrogen) atoms. The molecule has 1 fully saturated rings. The van der Waals surface area contributed by atoms with Gasteiger partial charge in [0.25, 0.3) is 0 Å². The third kappa shape index (κ3) is 5.56. The normalized spacial score (nSPS) is 17.0. The van der Waals surface area contributed by atoms with Crippen LogP contribution in [-0.4, -0.2) is 45.6 Å². The van der Waals surface area contributed by atoms with Crippen LogP contribution in [0.25, 0.3) is 0 Å². The second-order valence-electron chi connectivity index (χ2n) is 8.28. The maximum atomic E-state index is 13.1. The lowest BCUT2D eigenvalue weighted by molar-refractivity contribution is 0.472. The van der Waals surface area contributed by atoms with Crippen LogP contribution in [0.5, 0.6) is 0 Å². The van der Waals surface area contributed by atoms with Gasteiger partial charge < -0.3 is 5.32 Å². The number of hydrogen-bond donors (Lipinski definition) is 1. The van der Waals surface area contributed by atoms with Crippen molar-refractivity contribution >= 4 is 38.8 Å². The van der Waals surface area contributed by atoms with Gasteiger partial charge in [-0.15, -0.1) is 11.3 Å². The summed E-state index contributed by atoms with van der Waals surface area (Å²) < 4.78 is 29.7. The van der Waals surface area contributed by atoms with E-state index in [9.17, 15) is 8.42 Å². The molecular weight excluding hydrogens is 480 g/mol. The molecule has 4 rings (SSSR count). The number of aromatic nitrogens is 4. The fourth-order valence-electron chi connectivity index (χ4n) is 3.97. The topological polar surface area (TPSA) is 93.0 Å². The number of anilines is 1. The van der Waals surface area contributed by atoms with E-state index >= 15 is 0 Å². The molecule has 11 heteroatoms. The van der Waals surface area contributed by atoms with Crippen molar-refractivity contribution in [2.24, 2.45) is 0 Å². The minimum absolute atomic E-state index is 0.109. The van der Waals surface area contributed by atoms with Crippen molar-refractivity contribution in [2.75, 3.05) is 18.4 Å². The zero-order valence-corrected chi connectivity index (χ0v) is 21.3. The molecule has 0 bridgehead atoms. The van der Waals surface area contributed by atoms with Crippen LogP contribution < -0.4 is 5.32 Å². The minimum Gasteiger partial charge on any atom is -0.365 e. The SMILES string of the molecule is CCCCCn1cc(CNc2ncc(S(=O)(=O)N3CCC(c4nccs4)C3)cc2Cl)c(C)n1. The van der Waals surface area contributed by atoms with Crippen LogP contribution >= 0.6 is 22.9 Å². The van der Waals surface area contributed by atoms with Crippen molar-refractivity contribution in [1.29, 1.82) is 0 Å². The molecule has 4 heterocycles. The van der Waals surface area contributed by atoms with Crippen LogP contribution in [0.4, 0.5) is 5.82 Å². The molecule has 0 saturated carbocycles. The largest absolute Gasteiger partial charge is 0.365 e. The van der Waals surface area contributed by atoms with Gasteiger partial charge in [-0.3, -0.25) is 4.68 Å². The minimum atomic E-state index is -3.66. The summed E-state index contributed by atoms with van der Waals surface area (Å²) in [7, 11) is -3.66. The van der Waals surface area contributed by atoms with Gasteiger partial charge in [-0.25, -0.2) is 18.4 Å². The number of nitrogens with zero attached hydrogens (tertiary/aromatic N) is 5. The summed E-state index contributed by atoms with van der Waals surface area (Å²) in [6.07, 6.45) is 9.40. The van der Waals surface area contributed by atoms with Gasteiger partial charge in [0, 0.05) is 61.6 Å². The zero-order chi connectivity index (χ0) is 23.4. The lowest BCUT2D eigenvalue weighted by atomic mass is 10.1. The Labute approximate surface area is 204 Å². The standard InChI is InChI=1S/C22H29ClN6O2S2/c1-3-4-5-8-28-14-18(16(2)27-28)12-25-21-20(23)11-19(13-26-21)33(30,31)29-9-6-17(15-29)22-24-7-10-32-22/h7,10-11,13-14,17H,3-6,8-9,12,15H2,1-2H3,(H,25,26). The predicted molar refractivity (Wildman–Crippen MR) is 131 cm³/mol. The second kappa shape index (κ2) is 10.5. The molecular formula is C22H29ClN6O2S2. The molecule has 0 radical (unpaired) electrons. The number of aryl methyl sites for hydroxylation is 2. The van der Waals surface area contributed by atoms with Crippen LogP contribution in [0.15, 0.2) is 34.9 Å². The molecule has 1 atom stereocenters. The van der Waals surface area contributed by atoms with Crippen LogP contribution in [-0.2, 0) is 23.1 Å². The van der Waals surface area contributed by atoms with Crippen LogP contribution in [0, 0.1) is 6.92 Å². The van der Waals surface area contributed by atoms with Gasteiger partial charge in [0.1, 0.15) is 10.7 Å². The van der Waals surface area contributed by atoms with Gasteiger partial charge in [0.2, 0.25) is 10.0 Å². The molecule has 178 valence electrons. The summed E-state index contributed by atoms with van der Waals surface area (Å²) in [6.45, 7) is 6.47. The molecule has 0 amide bonds. The van der Waals surface area contributed by atoms with Gasteiger partial charge in [0.05, 0.1) is 15.7 Å². The number of rotatable bonds is 10. The van der Waals surface area contributed by atoms with Crippen LogP contribution in [0.2, 0.25) is 5.02 Å². The third-order valence-corrected chi connectivity index (χ3v) is 8.95. The Morgan fingerprint density at radius 2 is 2.15 bits per heavy atom. The van der Waals surface area contributed by atoms with E-state index in [4.69, 9.17) is 11.6 Å². The van der Waals surface area contributed by atoms with Gasteiger partial charge >= 0.3 is 0 Å². The first kappa shape index (κ1) is 24.1. The first-order valence-corrected chi connectivity index (χ1v) is 13.9. The van der Waals surface area contributed by atoms with Crippen molar-refractivity contribution < 1.29 is 8.42 Å². The number of thiazole rings is 1. The van der Waals surface area contributed by atoms with Crippen LogP contribution in [0.1, 0.15) is 54.8 Å². The quantitative estimate of drug-likeness (QED) is 0.400. The molecule has 1 aliphatic rings. The number of hydrogen-bond acceptors (Lipinski definition) is 7. The lowest BCUT2D eigenvalue weighted by Crippen LogP contribution is -2.28. The van der Waals surface area contributed by atoms with E-state index in [1.807, 2.05) is 23.2 Å². The number of halogens is 1. The third-order valence-electron chi connectivity index (χ3n) is 5.89. The van der Waals surface area contributed by atoms with Crippen molar-refractivity contribution in [1.82, 2.24) is 24.1 Å². The van der Waals surface area contributed by atoms with Crippen LogP contribution in [0.3, 0.4) is 0 Å². The van der Waals surface area contributed by atoms with E-state index in [1.165, 1.54) is 29.4 Å². The summed E-state index contributed by atoms with van der Waals surface area (Å²) in [5, 5.41) is 11.0. The van der Waals surface area contributed by atoms with Gasteiger partial charge in [-0.05, 0) is 25.8 Å². The molecule has 3 aromatic rings. The highest BCUT2D eigenvalue weighted by atomic mass is 35.5. The number of nitrogens with one attached hydrogen (secondary N) is 1. The van der Waals surface area contributed by atoms with E-state index in [1.54, 1.807) is 17.5 Å². The van der Waals surface area contributed by atoms with E-state index in [2.05, 4.69) is 27.3 Å². The number of pyridine rings is 1. The van der Waals surface area contributed by atoms with E-state index in [0.29, 0.717) is 25.5 Å². The summed E-state index contributed by atoms with van der Waals surface area (Å²) >= 11 is 7.97. The average molecular weight is 509 g/mol. The Hall–Kier alpha value is -2.01. The molecule has 0 spiro atoms. The first-order valence-electron chi connectivity index (χ1n) is 11.2. The summed E-state index contributed by atoms with van der Waals surface area (Å²) in [5.74, 6) is 0.589. The summed E-state index contributed by atoms with van der Waals surface area (Å²) in [6, 6.07) is 1.48. The van der Waals surface area contributed by atoms with E-state index < -0.39 is 10.0 Å². The van der Waals surface area contributed by atoms with E-state index in [-0.39, 0.29) is 15.8 Å². The molecule has 1 aliphatic heterocycles. The summed E-state index contributed by atoms with van der Waals surface area (Å²) in [5.41, 5.74) is 2.02. The Bertz CT molecular complexity index is 1180. The first-order chi connectivity index (χ1) is 15.9. The maximum Gasteiger partial charge on any atom is 0.244 e. The molecule has 0 aliphatic carbocycles.